The fourth-order valence-electron chi connectivity index (χ4n) is 2.31. The van der Waals surface area contributed by atoms with Crippen molar-refractivity contribution in [2.75, 3.05) is 20.3 Å². The van der Waals surface area contributed by atoms with Gasteiger partial charge in [0.05, 0.1) is 18.5 Å². The van der Waals surface area contributed by atoms with Crippen LogP contribution in [-0.4, -0.2) is 30.0 Å². The second kappa shape index (κ2) is 7.22. The van der Waals surface area contributed by atoms with E-state index in [1.165, 1.54) is 16.8 Å². The number of hydrogen-bond donors (Lipinski definition) is 1. The third-order valence-electron chi connectivity index (χ3n) is 3.33. The van der Waals surface area contributed by atoms with Crippen LogP contribution in [0.1, 0.15) is 23.7 Å². The summed E-state index contributed by atoms with van der Waals surface area (Å²) in [6, 6.07) is 8.43. The topological polar surface area (TPSA) is 39.1 Å². The van der Waals surface area contributed by atoms with Gasteiger partial charge in [-0.25, -0.2) is 4.68 Å². The molecule has 1 aromatic heterocycles. The van der Waals surface area contributed by atoms with Gasteiger partial charge >= 0.3 is 0 Å². The molecule has 0 radical (unpaired) electrons. The molecule has 0 atom stereocenters. The van der Waals surface area contributed by atoms with Crippen molar-refractivity contribution in [3.8, 4) is 5.69 Å². The van der Waals surface area contributed by atoms with Gasteiger partial charge in [-0.1, -0.05) is 19.1 Å². The van der Waals surface area contributed by atoms with E-state index in [-0.39, 0.29) is 0 Å². The zero-order valence-electron chi connectivity index (χ0n) is 12.5. The van der Waals surface area contributed by atoms with Crippen molar-refractivity contribution in [3.05, 3.63) is 47.3 Å². The summed E-state index contributed by atoms with van der Waals surface area (Å²) in [6.07, 6.45) is 2.93. The van der Waals surface area contributed by atoms with E-state index in [2.05, 4.69) is 48.5 Å². The van der Waals surface area contributed by atoms with Gasteiger partial charge in [0.25, 0.3) is 0 Å². The van der Waals surface area contributed by atoms with Crippen LogP contribution in [0.25, 0.3) is 5.69 Å². The average Bonchev–Trinajstić information content (AvgIpc) is 2.86. The lowest BCUT2D eigenvalue weighted by molar-refractivity contribution is 0.199. The molecule has 1 aromatic carbocycles. The smallest absolute Gasteiger partial charge is 0.0651 e. The molecule has 0 saturated carbocycles. The van der Waals surface area contributed by atoms with Gasteiger partial charge in [-0.15, -0.1) is 0 Å². The number of ether oxygens (including phenoxy) is 1. The first kappa shape index (κ1) is 14.8. The molecule has 0 fully saturated rings. The van der Waals surface area contributed by atoms with Gasteiger partial charge in [0.15, 0.2) is 0 Å². The van der Waals surface area contributed by atoms with Crippen LogP contribution in [0.2, 0.25) is 0 Å². The molecule has 0 aliphatic carbocycles. The van der Waals surface area contributed by atoms with E-state index in [0.29, 0.717) is 0 Å². The maximum Gasteiger partial charge on any atom is 0.0651 e. The van der Waals surface area contributed by atoms with Crippen molar-refractivity contribution >= 4 is 0 Å². The zero-order valence-corrected chi connectivity index (χ0v) is 12.5. The third kappa shape index (κ3) is 3.46. The number of hydrogen-bond acceptors (Lipinski definition) is 3. The molecule has 1 heterocycles. The summed E-state index contributed by atoms with van der Waals surface area (Å²) < 4.78 is 7.08. The van der Waals surface area contributed by atoms with Crippen LogP contribution < -0.4 is 5.32 Å². The first-order valence-corrected chi connectivity index (χ1v) is 7.08. The molecule has 2 aromatic rings. The largest absolute Gasteiger partial charge is 0.383 e. The minimum atomic E-state index is 0.730. The SMILES string of the molecule is CCc1c(CNCCOC)cnn1-c1cccc(C)c1. The fourth-order valence-corrected chi connectivity index (χ4v) is 2.31. The standard InChI is InChI=1S/C16H23N3O/c1-4-16-14(11-17-8-9-20-3)12-18-19(16)15-7-5-6-13(2)10-15/h5-7,10,12,17H,4,8-9,11H2,1-3H3. The third-order valence-corrected chi connectivity index (χ3v) is 3.33. The van der Waals surface area contributed by atoms with Gasteiger partial charge in [-0.3, -0.25) is 0 Å². The summed E-state index contributed by atoms with van der Waals surface area (Å²) in [7, 11) is 1.72. The first-order valence-electron chi connectivity index (χ1n) is 7.08. The Bertz CT molecular complexity index is 548. The van der Waals surface area contributed by atoms with Gasteiger partial charge in [-0.2, -0.15) is 5.10 Å². The zero-order chi connectivity index (χ0) is 14.4. The van der Waals surface area contributed by atoms with Crippen LogP contribution in [0.15, 0.2) is 30.5 Å². The van der Waals surface area contributed by atoms with Crippen LogP contribution in [0.3, 0.4) is 0 Å². The fraction of sp³-hybridized carbons (Fsp3) is 0.438. The second-order valence-electron chi connectivity index (χ2n) is 4.89. The second-order valence-corrected chi connectivity index (χ2v) is 4.89. The maximum atomic E-state index is 5.04. The summed E-state index contributed by atoms with van der Waals surface area (Å²) in [5.74, 6) is 0. The van der Waals surface area contributed by atoms with E-state index in [4.69, 9.17) is 4.74 Å². The Labute approximate surface area is 120 Å². The lowest BCUT2D eigenvalue weighted by atomic mass is 10.2. The average molecular weight is 273 g/mol. The Morgan fingerprint density at radius 2 is 2.20 bits per heavy atom. The first-order chi connectivity index (χ1) is 9.76. The van der Waals surface area contributed by atoms with Crippen LogP contribution in [-0.2, 0) is 17.7 Å². The van der Waals surface area contributed by atoms with Gasteiger partial charge in [-0.05, 0) is 31.0 Å². The molecule has 4 nitrogen and oxygen atoms in total. The molecule has 0 bridgehead atoms. The Hall–Kier alpha value is -1.65. The number of aromatic nitrogens is 2. The lowest BCUT2D eigenvalue weighted by Crippen LogP contribution is -2.19. The quantitative estimate of drug-likeness (QED) is 0.788. The molecule has 0 unspecified atom stereocenters. The highest BCUT2D eigenvalue weighted by Gasteiger charge is 2.10. The van der Waals surface area contributed by atoms with Crippen LogP contribution >= 0.6 is 0 Å². The Kier molecular flexibility index (Phi) is 5.32. The number of benzene rings is 1. The molecule has 0 saturated heterocycles. The molecule has 0 aliphatic rings. The predicted octanol–water partition coefficient (Wildman–Crippen LogP) is 2.48. The van der Waals surface area contributed by atoms with Gasteiger partial charge in [0, 0.05) is 31.5 Å². The minimum absolute atomic E-state index is 0.730. The minimum Gasteiger partial charge on any atom is -0.383 e. The highest BCUT2D eigenvalue weighted by Crippen LogP contribution is 2.16. The maximum absolute atomic E-state index is 5.04. The van der Waals surface area contributed by atoms with Crippen LogP contribution in [0.5, 0.6) is 0 Å². The number of aryl methyl sites for hydroxylation is 1. The summed E-state index contributed by atoms with van der Waals surface area (Å²) in [6.45, 7) is 6.69. The highest BCUT2D eigenvalue weighted by atomic mass is 16.5. The summed E-state index contributed by atoms with van der Waals surface area (Å²) >= 11 is 0. The van der Waals surface area contributed by atoms with Crippen molar-refractivity contribution in [2.24, 2.45) is 0 Å². The van der Waals surface area contributed by atoms with Crippen molar-refractivity contribution in [3.63, 3.8) is 0 Å². The normalized spacial score (nSPS) is 10.9. The lowest BCUT2D eigenvalue weighted by Gasteiger charge is -2.09. The number of nitrogens with one attached hydrogen (secondary N) is 1. The van der Waals surface area contributed by atoms with E-state index < -0.39 is 0 Å². The van der Waals surface area contributed by atoms with Gasteiger partial charge in [0.1, 0.15) is 0 Å². The molecule has 0 amide bonds. The Morgan fingerprint density at radius 3 is 2.90 bits per heavy atom. The van der Waals surface area contributed by atoms with Crippen molar-refractivity contribution in [1.82, 2.24) is 15.1 Å². The molecule has 20 heavy (non-hydrogen) atoms. The predicted molar refractivity (Wildman–Crippen MR) is 81.3 cm³/mol. The number of rotatable bonds is 7. The van der Waals surface area contributed by atoms with E-state index in [1.807, 2.05) is 10.9 Å². The molecular weight excluding hydrogens is 250 g/mol. The molecule has 0 aliphatic heterocycles. The highest BCUT2D eigenvalue weighted by molar-refractivity contribution is 5.38. The van der Waals surface area contributed by atoms with E-state index in [1.54, 1.807) is 7.11 Å². The molecule has 108 valence electrons. The van der Waals surface area contributed by atoms with Crippen molar-refractivity contribution in [1.29, 1.82) is 0 Å². The monoisotopic (exact) mass is 273 g/mol. The van der Waals surface area contributed by atoms with Crippen LogP contribution in [0, 0.1) is 6.92 Å². The Balaban J connectivity index is 2.16. The number of nitrogens with zero attached hydrogens (tertiary/aromatic N) is 2. The van der Waals surface area contributed by atoms with Gasteiger partial charge in [0.2, 0.25) is 0 Å². The van der Waals surface area contributed by atoms with Crippen molar-refractivity contribution < 1.29 is 4.74 Å². The Morgan fingerprint density at radius 1 is 1.35 bits per heavy atom. The molecule has 2 rings (SSSR count). The molecule has 0 spiro atoms. The summed E-state index contributed by atoms with van der Waals surface area (Å²) in [5.41, 5.74) is 4.90. The molecule has 1 N–H and O–H groups in total. The number of methoxy groups -OCH3 is 1. The molecular formula is C16H23N3O. The van der Waals surface area contributed by atoms with E-state index >= 15 is 0 Å². The van der Waals surface area contributed by atoms with Gasteiger partial charge < -0.3 is 10.1 Å². The van der Waals surface area contributed by atoms with Crippen LogP contribution in [0.4, 0.5) is 0 Å². The summed E-state index contributed by atoms with van der Waals surface area (Å²) in [4.78, 5) is 0. The molecule has 4 heteroatoms. The summed E-state index contributed by atoms with van der Waals surface area (Å²) in [5, 5.41) is 7.92. The van der Waals surface area contributed by atoms with E-state index in [9.17, 15) is 0 Å². The van der Waals surface area contributed by atoms with E-state index in [0.717, 1.165) is 31.8 Å². The van der Waals surface area contributed by atoms with Crippen molar-refractivity contribution in [2.45, 2.75) is 26.8 Å².